The van der Waals surface area contributed by atoms with Gasteiger partial charge in [0, 0.05) is 25.3 Å². The quantitative estimate of drug-likeness (QED) is 0.419. The van der Waals surface area contributed by atoms with Gasteiger partial charge in [0.2, 0.25) is 11.3 Å². The van der Waals surface area contributed by atoms with Crippen LogP contribution in [-0.2, 0) is 9.53 Å². The Morgan fingerprint density at radius 2 is 1.93 bits per heavy atom. The van der Waals surface area contributed by atoms with Crippen molar-refractivity contribution in [3.8, 4) is 5.75 Å². The number of anilines is 1. The van der Waals surface area contributed by atoms with E-state index in [-0.39, 0.29) is 29.4 Å². The number of halogens is 2. The van der Waals surface area contributed by atoms with Gasteiger partial charge in [-0.1, -0.05) is 0 Å². The molecule has 2 heterocycles. The van der Waals surface area contributed by atoms with Crippen LogP contribution in [0.1, 0.15) is 69.8 Å². The Morgan fingerprint density at radius 1 is 1.24 bits per heavy atom. The van der Waals surface area contributed by atoms with E-state index >= 15 is 8.78 Å². The molecule has 13 heteroatoms. The number of aromatic nitrogens is 1. The number of pyridine rings is 1. The molecule has 2 aromatic rings. The molecule has 1 aromatic heterocycles. The number of hydrogen-bond acceptors (Lipinski definition) is 7. The van der Waals surface area contributed by atoms with Crippen LogP contribution in [0.4, 0.5) is 19.3 Å². The lowest BCUT2D eigenvalue weighted by Crippen LogP contribution is -2.46. The maximum atomic E-state index is 15.7. The normalized spacial score (nSPS) is 17.5. The number of benzene rings is 1. The number of carboxylic acids is 1. The van der Waals surface area contributed by atoms with Gasteiger partial charge in [0.05, 0.1) is 24.6 Å². The van der Waals surface area contributed by atoms with Gasteiger partial charge in [-0.15, -0.1) is 0 Å². The summed E-state index contributed by atoms with van der Waals surface area (Å²) in [7, 11) is 1.34. The average molecular weight is 591 g/mol. The molecule has 4 rings (SSSR count). The number of fused-ring (bicyclic) bond motifs is 1. The van der Waals surface area contributed by atoms with Crippen LogP contribution in [0, 0.1) is 5.82 Å². The number of piperidine rings is 1. The van der Waals surface area contributed by atoms with Crippen LogP contribution in [0.2, 0.25) is 0 Å². The van der Waals surface area contributed by atoms with Crippen molar-refractivity contribution in [2.24, 2.45) is 0 Å². The van der Waals surface area contributed by atoms with Gasteiger partial charge in [-0.3, -0.25) is 9.59 Å². The molecular weight excluding hydrogens is 554 g/mol. The van der Waals surface area contributed by atoms with E-state index in [1.807, 2.05) is 0 Å². The Balaban J connectivity index is 1.58. The van der Waals surface area contributed by atoms with E-state index in [1.165, 1.54) is 20.2 Å². The SMILES string of the molecule is COc1c(N2CCCC(=C(F)CNC(=O)[C@H](C)NC(=O)OC(C)(C)C)C2)c(F)cc2c(=O)c(C(=O)O)cn(C3CC3)c12. The van der Waals surface area contributed by atoms with E-state index in [1.54, 1.807) is 30.2 Å². The van der Waals surface area contributed by atoms with Gasteiger partial charge in [0.25, 0.3) is 0 Å². The van der Waals surface area contributed by atoms with Gasteiger partial charge in [0.15, 0.2) is 11.6 Å². The monoisotopic (exact) mass is 590 g/mol. The molecule has 0 bridgehead atoms. The molecule has 42 heavy (non-hydrogen) atoms. The number of carbonyl (C=O) groups excluding carboxylic acids is 2. The lowest BCUT2D eigenvalue weighted by Gasteiger charge is -2.33. The largest absolute Gasteiger partial charge is 0.492 e. The molecule has 1 saturated heterocycles. The lowest BCUT2D eigenvalue weighted by atomic mass is 10.0. The molecule has 0 radical (unpaired) electrons. The summed E-state index contributed by atoms with van der Waals surface area (Å²) < 4.78 is 43.4. The third-order valence-corrected chi connectivity index (χ3v) is 7.11. The van der Waals surface area contributed by atoms with Crippen molar-refractivity contribution in [1.82, 2.24) is 15.2 Å². The topological polar surface area (TPSA) is 139 Å². The number of nitrogens with zero attached hydrogens (tertiary/aromatic N) is 2. The second kappa shape index (κ2) is 12.0. The first-order chi connectivity index (χ1) is 19.7. The lowest BCUT2D eigenvalue weighted by molar-refractivity contribution is -0.122. The summed E-state index contributed by atoms with van der Waals surface area (Å²) in [6.07, 6.45) is 2.91. The summed E-state index contributed by atoms with van der Waals surface area (Å²) in [4.78, 5) is 50.7. The molecular formula is C29H36F2N4O7. The summed E-state index contributed by atoms with van der Waals surface area (Å²) >= 11 is 0. The van der Waals surface area contributed by atoms with Gasteiger partial charge < -0.3 is 34.7 Å². The molecule has 3 N–H and O–H groups in total. The van der Waals surface area contributed by atoms with Crippen molar-refractivity contribution in [3.05, 3.63) is 45.3 Å². The van der Waals surface area contributed by atoms with Crippen molar-refractivity contribution in [3.63, 3.8) is 0 Å². The Kier molecular flexibility index (Phi) is 8.79. The Labute approximate surface area is 241 Å². The zero-order chi connectivity index (χ0) is 30.9. The highest BCUT2D eigenvalue weighted by Gasteiger charge is 2.32. The third-order valence-electron chi connectivity index (χ3n) is 7.11. The van der Waals surface area contributed by atoms with Crippen LogP contribution in [0.3, 0.4) is 0 Å². The summed E-state index contributed by atoms with van der Waals surface area (Å²) in [5.74, 6) is -3.31. The van der Waals surface area contributed by atoms with E-state index < -0.39 is 58.8 Å². The number of hydrogen-bond donors (Lipinski definition) is 3. The molecule has 2 amide bonds. The first kappa shape index (κ1) is 30.8. The first-order valence-electron chi connectivity index (χ1n) is 13.8. The molecule has 1 saturated carbocycles. The Morgan fingerprint density at radius 3 is 2.52 bits per heavy atom. The molecule has 1 aliphatic heterocycles. The zero-order valence-electron chi connectivity index (χ0n) is 24.3. The Hall–Kier alpha value is -4.16. The number of rotatable bonds is 8. The second-order valence-corrected chi connectivity index (χ2v) is 11.6. The highest BCUT2D eigenvalue weighted by atomic mass is 19.1. The van der Waals surface area contributed by atoms with Crippen LogP contribution in [0.5, 0.6) is 5.75 Å². The van der Waals surface area contributed by atoms with Crippen LogP contribution in [-0.4, -0.2) is 66.0 Å². The number of alkyl carbamates (subject to hydrolysis) is 1. The zero-order valence-corrected chi connectivity index (χ0v) is 24.3. The van der Waals surface area contributed by atoms with Gasteiger partial charge in [-0.05, 0) is 65.0 Å². The molecule has 11 nitrogen and oxygen atoms in total. The molecule has 1 atom stereocenters. The van der Waals surface area contributed by atoms with Crippen molar-refractivity contribution < 1.29 is 37.7 Å². The highest BCUT2D eigenvalue weighted by molar-refractivity contribution is 5.97. The van der Waals surface area contributed by atoms with Gasteiger partial charge in [0.1, 0.15) is 28.7 Å². The molecule has 2 aliphatic rings. The van der Waals surface area contributed by atoms with Crippen molar-refractivity contribution in [1.29, 1.82) is 0 Å². The van der Waals surface area contributed by atoms with E-state index in [0.29, 0.717) is 30.5 Å². The van der Waals surface area contributed by atoms with Gasteiger partial charge in [-0.25, -0.2) is 18.4 Å². The summed E-state index contributed by atoms with van der Waals surface area (Å²) in [6, 6.07) is -0.000253. The van der Waals surface area contributed by atoms with Crippen LogP contribution >= 0.6 is 0 Å². The van der Waals surface area contributed by atoms with Gasteiger partial charge in [-0.2, -0.15) is 0 Å². The van der Waals surface area contributed by atoms with E-state index in [9.17, 15) is 24.3 Å². The number of nitrogens with one attached hydrogen (secondary N) is 2. The number of aromatic carboxylic acids is 1. The fraction of sp³-hybridized carbons (Fsp3) is 0.517. The molecule has 1 aliphatic carbocycles. The number of methoxy groups -OCH3 is 1. The predicted octanol–water partition coefficient (Wildman–Crippen LogP) is 4.04. The number of ether oxygens (including phenoxy) is 2. The number of carbonyl (C=O) groups is 3. The molecule has 0 unspecified atom stereocenters. The summed E-state index contributed by atoms with van der Waals surface area (Å²) in [5, 5.41) is 14.3. The second-order valence-electron chi connectivity index (χ2n) is 11.6. The maximum absolute atomic E-state index is 15.7. The van der Waals surface area contributed by atoms with Crippen LogP contribution < -0.4 is 25.7 Å². The van der Waals surface area contributed by atoms with E-state index in [2.05, 4.69) is 10.6 Å². The Bertz CT molecular complexity index is 1510. The standard InChI is InChI=1S/C29H36F2N4O7/c1-15(33-28(40)42-29(2,3)4)26(37)32-12-21(31)16-7-6-10-34(13-16)23-20(30)11-18-22(25(23)41-5)35(17-8-9-17)14-19(24(18)36)27(38)39/h11,14-15,17H,6-10,12-13H2,1-5H3,(H,32,37)(H,33,40)(H,38,39)/t15-/m0/s1. The summed E-state index contributed by atoms with van der Waals surface area (Å²) in [5.41, 5.74) is -1.31. The number of amides is 2. The fourth-order valence-electron chi connectivity index (χ4n) is 5.00. The van der Waals surface area contributed by atoms with E-state index in [4.69, 9.17) is 9.47 Å². The molecule has 2 fully saturated rings. The average Bonchev–Trinajstić information content (AvgIpc) is 3.75. The predicted molar refractivity (Wildman–Crippen MR) is 151 cm³/mol. The van der Waals surface area contributed by atoms with Crippen molar-refractivity contribution >= 4 is 34.6 Å². The van der Waals surface area contributed by atoms with Crippen molar-refractivity contribution in [2.45, 2.75) is 71.1 Å². The minimum atomic E-state index is -1.40. The van der Waals surface area contributed by atoms with Crippen LogP contribution in [0.15, 0.2) is 28.5 Å². The third kappa shape index (κ3) is 6.66. The van der Waals surface area contributed by atoms with Crippen molar-refractivity contribution in [2.75, 3.05) is 31.6 Å². The molecule has 1 aromatic carbocycles. The minimum absolute atomic E-state index is 0.00702. The fourth-order valence-corrected chi connectivity index (χ4v) is 5.00. The maximum Gasteiger partial charge on any atom is 0.408 e. The number of carboxylic acid groups (broad SMARTS) is 1. The smallest absolute Gasteiger partial charge is 0.408 e. The van der Waals surface area contributed by atoms with E-state index in [0.717, 1.165) is 18.9 Å². The molecule has 0 spiro atoms. The first-order valence-corrected chi connectivity index (χ1v) is 13.8. The van der Waals surface area contributed by atoms with Gasteiger partial charge >= 0.3 is 12.1 Å². The van der Waals surface area contributed by atoms with Crippen LogP contribution in [0.25, 0.3) is 10.9 Å². The highest BCUT2D eigenvalue weighted by Crippen LogP contribution is 2.44. The molecule has 228 valence electrons. The minimum Gasteiger partial charge on any atom is -0.492 e. The summed E-state index contributed by atoms with van der Waals surface area (Å²) in [6.45, 7) is 6.47.